The van der Waals surface area contributed by atoms with E-state index in [4.69, 9.17) is 10.2 Å². The van der Waals surface area contributed by atoms with Crippen molar-refractivity contribution in [2.75, 3.05) is 13.1 Å². The Balaban J connectivity index is 2.30. The summed E-state index contributed by atoms with van der Waals surface area (Å²) >= 11 is 0. The highest BCUT2D eigenvalue weighted by atomic mass is 15.2. The summed E-state index contributed by atoms with van der Waals surface area (Å²) in [5, 5.41) is 8.88. The van der Waals surface area contributed by atoms with E-state index in [2.05, 4.69) is 35.5 Å². The summed E-state index contributed by atoms with van der Waals surface area (Å²) in [7, 11) is 0. The van der Waals surface area contributed by atoms with Crippen LogP contribution in [0.4, 0.5) is 0 Å². The van der Waals surface area contributed by atoms with Crippen LogP contribution in [0.15, 0.2) is 24.3 Å². The van der Waals surface area contributed by atoms with E-state index in [9.17, 15) is 0 Å². The molecule has 0 saturated carbocycles. The second-order valence-corrected chi connectivity index (χ2v) is 5.35. The number of hydrogen-bond acceptors (Lipinski definition) is 3. The van der Waals surface area contributed by atoms with E-state index < -0.39 is 0 Å². The lowest BCUT2D eigenvalue weighted by Crippen LogP contribution is -2.26. The standard InChI is InChI=1S/C17H24N4/c1-3-11-20(12-4-2)14-17-19-15-8-5-6-9-16(15)21(17)13-7-10-18/h5-6,8-9H,3-4,7,11-14H2,1-2H3. The van der Waals surface area contributed by atoms with Crippen LogP contribution in [0, 0.1) is 11.3 Å². The third-order valence-corrected chi connectivity index (χ3v) is 3.63. The fourth-order valence-corrected chi connectivity index (χ4v) is 2.76. The van der Waals surface area contributed by atoms with Crippen LogP contribution in [-0.2, 0) is 13.1 Å². The van der Waals surface area contributed by atoms with Gasteiger partial charge in [0.2, 0.25) is 0 Å². The summed E-state index contributed by atoms with van der Waals surface area (Å²) in [5.41, 5.74) is 2.16. The molecule has 4 nitrogen and oxygen atoms in total. The zero-order valence-corrected chi connectivity index (χ0v) is 13.0. The van der Waals surface area contributed by atoms with Gasteiger partial charge in [-0.25, -0.2) is 4.98 Å². The van der Waals surface area contributed by atoms with Crippen LogP contribution in [0.5, 0.6) is 0 Å². The van der Waals surface area contributed by atoms with Crippen LogP contribution < -0.4 is 0 Å². The van der Waals surface area contributed by atoms with Crippen LogP contribution in [0.3, 0.4) is 0 Å². The maximum absolute atomic E-state index is 8.88. The van der Waals surface area contributed by atoms with Gasteiger partial charge >= 0.3 is 0 Å². The summed E-state index contributed by atoms with van der Waals surface area (Å²) in [6.07, 6.45) is 2.83. The average Bonchev–Trinajstić information content (AvgIpc) is 2.83. The van der Waals surface area contributed by atoms with Crippen molar-refractivity contribution in [3.63, 3.8) is 0 Å². The molecule has 0 bridgehead atoms. The highest BCUT2D eigenvalue weighted by Crippen LogP contribution is 2.18. The molecule has 2 aromatic rings. The minimum Gasteiger partial charge on any atom is -0.326 e. The van der Waals surface area contributed by atoms with Gasteiger partial charge in [-0.05, 0) is 38.1 Å². The van der Waals surface area contributed by atoms with Crippen molar-refractivity contribution in [1.29, 1.82) is 5.26 Å². The van der Waals surface area contributed by atoms with Gasteiger partial charge in [0.05, 0.1) is 30.1 Å². The number of imidazole rings is 1. The van der Waals surface area contributed by atoms with Gasteiger partial charge in [-0.15, -0.1) is 0 Å². The van der Waals surface area contributed by atoms with E-state index >= 15 is 0 Å². The summed E-state index contributed by atoms with van der Waals surface area (Å²) in [4.78, 5) is 7.23. The number of nitrogens with zero attached hydrogens (tertiary/aromatic N) is 4. The molecule has 0 aliphatic heterocycles. The molecule has 1 aromatic heterocycles. The maximum Gasteiger partial charge on any atom is 0.124 e. The van der Waals surface area contributed by atoms with E-state index in [-0.39, 0.29) is 0 Å². The fourth-order valence-electron chi connectivity index (χ4n) is 2.76. The lowest BCUT2D eigenvalue weighted by atomic mass is 10.3. The number of rotatable bonds is 8. The summed E-state index contributed by atoms with van der Waals surface area (Å²) < 4.78 is 2.21. The molecule has 0 radical (unpaired) electrons. The van der Waals surface area contributed by atoms with Crippen LogP contribution in [-0.4, -0.2) is 27.5 Å². The first-order valence-electron chi connectivity index (χ1n) is 7.83. The Hall–Kier alpha value is -1.86. The van der Waals surface area contributed by atoms with E-state index in [0.29, 0.717) is 6.42 Å². The number of benzene rings is 1. The molecule has 0 aliphatic rings. The van der Waals surface area contributed by atoms with Gasteiger partial charge in [0.15, 0.2) is 0 Å². The molecule has 0 N–H and O–H groups in total. The zero-order chi connectivity index (χ0) is 15.1. The lowest BCUT2D eigenvalue weighted by molar-refractivity contribution is 0.256. The normalized spacial score (nSPS) is 11.1. The number of aromatic nitrogens is 2. The first kappa shape index (κ1) is 15.5. The van der Waals surface area contributed by atoms with Gasteiger partial charge in [-0.2, -0.15) is 5.26 Å². The highest BCUT2D eigenvalue weighted by Gasteiger charge is 2.13. The van der Waals surface area contributed by atoms with Gasteiger partial charge in [-0.1, -0.05) is 26.0 Å². The summed E-state index contributed by atoms with van der Waals surface area (Å²) in [5.74, 6) is 1.08. The highest BCUT2D eigenvalue weighted by molar-refractivity contribution is 5.75. The Morgan fingerprint density at radius 1 is 1.19 bits per heavy atom. The van der Waals surface area contributed by atoms with Crippen molar-refractivity contribution >= 4 is 11.0 Å². The van der Waals surface area contributed by atoms with Gasteiger partial charge in [-0.3, -0.25) is 4.90 Å². The third kappa shape index (κ3) is 3.83. The minimum atomic E-state index is 0.523. The Morgan fingerprint density at radius 2 is 1.90 bits per heavy atom. The Labute approximate surface area is 127 Å². The molecule has 0 fully saturated rings. The Morgan fingerprint density at radius 3 is 2.57 bits per heavy atom. The summed E-state index contributed by atoms with van der Waals surface area (Å²) in [6, 6.07) is 10.4. The van der Waals surface area contributed by atoms with Gasteiger partial charge in [0.1, 0.15) is 5.82 Å². The molecule has 1 aromatic carbocycles. The number of fused-ring (bicyclic) bond motifs is 1. The Kier molecular flexibility index (Phi) is 5.77. The third-order valence-electron chi connectivity index (χ3n) is 3.63. The molecule has 21 heavy (non-hydrogen) atoms. The van der Waals surface area contributed by atoms with E-state index in [1.165, 1.54) is 0 Å². The number of para-hydroxylation sites is 2. The topological polar surface area (TPSA) is 44.9 Å². The van der Waals surface area contributed by atoms with E-state index in [0.717, 1.165) is 55.9 Å². The molecule has 0 saturated heterocycles. The zero-order valence-electron chi connectivity index (χ0n) is 13.0. The number of hydrogen-bond donors (Lipinski definition) is 0. The van der Waals surface area contributed by atoms with Crippen molar-refractivity contribution in [3.05, 3.63) is 30.1 Å². The van der Waals surface area contributed by atoms with Crippen molar-refractivity contribution in [3.8, 4) is 6.07 Å². The molecule has 0 aliphatic carbocycles. The predicted octanol–water partition coefficient (Wildman–Crippen LogP) is 3.57. The second-order valence-electron chi connectivity index (χ2n) is 5.35. The molecule has 0 atom stereocenters. The van der Waals surface area contributed by atoms with Crippen molar-refractivity contribution < 1.29 is 0 Å². The molecular formula is C17H24N4. The van der Waals surface area contributed by atoms with Gasteiger partial charge in [0, 0.05) is 6.54 Å². The van der Waals surface area contributed by atoms with Crippen LogP contribution in [0.1, 0.15) is 38.9 Å². The molecule has 0 spiro atoms. The summed E-state index contributed by atoms with van der Waals surface area (Å²) in [6.45, 7) is 8.19. The fraction of sp³-hybridized carbons (Fsp3) is 0.529. The van der Waals surface area contributed by atoms with Crippen molar-refractivity contribution in [1.82, 2.24) is 14.5 Å². The largest absolute Gasteiger partial charge is 0.326 e. The smallest absolute Gasteiger partial charge is 0.124 e. The van der Waals surface area contributed by atoms with E-state index in [1.807, 2.05) is 18.2 Å². The monoisotopic (exact) mass is 284 g/mol. The average molecular weight is 284 g/mol. The lowest BCUT2D eigenvalue weighted by Gasteiger charge is -2.21. The first-order valence-corrected chi connectivity index (χ1v) is 7.83. The van der Waals surface area contributed by atoms with Crippen LogP contribution in [0.25, 0.3) is 11.0 Å². The Bertz CT molecular complexity index is 603. The quantitative estimate of drug-likeness (QED) is 0.744. The van der Waals surface area contributed by atoms with Crippen LogP contribution in [0.2, 0.25) is 0 Å². The molecule has 112 valence electrons. The van der Waals surface area contributed by atoms with Gasteiger partial charge in [0.25, 0.3) is 0 Å². The van der Waals surface area contributed by atoms with Gasteiger partial charge < -0.3 is 4.57 Å². The number of nitriles is 1. The maximum atomic E-state index is 8.88. The second kappa shape index (κ2) is 7.80. The molecule has 2 rings (SSSR count). The predicted molar refractivity (Wildman–Crippen MR) is 85.8 cm³/mol. The first-order chi connectivity index (χ1) is 10.3. The molecule has 1 heterocycles. The minimum absolute atomic E-state index is 0.523. The molecule has 0 unspecified atom stereocenters. The van der Waals surface area contributed by atoms with Crippen LogP contribution >= 0.6 is 0 Å². The molecule has 4 heteroatoms. The van der Waals surface area contributed by atoms with E-state index in [1.54, 1.807) is 0 Å². The van der Waals surface area contributed by atoms with Crippen molar-refractivity contribution in [2.45, 2.75) is 46.2 Å². The molecule has 0 amide bonds. The SMILES string of the molecule is CCCN(CCC)Cc1nc2ccccc2n1CCC#N. The number of aryl methyl sites for hydroxylation is 1. The van der Waals surface area contributed by atoms with Crippen molar-refractivity contribution in [2.24, 2.45) is 0 Å². The molecular weight excluding hydrogens is 260 g/mol.